The van der Waals surface area contributed by atoms with Crippen molar-refractivity contribution < 1.29 is 12.8 Å². The highest BCUT2D eigenvalue weighted by molar-refractivity contribution is 7.91. The molecule has 0 bridgehead atoms. The van der Waals surface area contributed by atoms with Crippen LogP contribution in [0.4, 0.5) is 0 Å². The molecule has 4 nitrogen and oxygen atoms in total. The third kappa shape index (κ3) is 2.76. The number of sulfone groups is 1. The first-order valence-electron chi connectivity index (χ1n) is 7.11. The minimum atomic E-state index is -3.13. The first kappa shape index (κ1) is 14.4. The molecular formula is C16H19NO3S. The van der Waals surface area contributed by atoms with Gasteiger partial charge in [0, 0.05) is 6.04 Å². The van der Waals surface area contributed by atoms with Gasteiger partial charge in [-0.05, 0) is 44.0 Å². The van der Waals surface area contributed by atoms with Gasteiger partial charge in [0.1, 0.15) is 11.5 Å². The molecule has 0 amide bonds. The van der Waals surface area contributed by atoms with Gasteiger partial charge in [0.15, 0.2) is 9.84 Å². The predicted octanol–water partition coefficient (Wildman–Crippen LogP) is 3.16. The molecular weight excluding hydrogens is 286 g/mol. The molecule has 0 spiro atoms. The van der Waals surface area contributed by atoms with E-state index in [1.807, 2.05) is 38.1 Å². The number of aryl methyl sites for hydroxylation is 1. The summed E-state index contributed by atoms with van der Waals surface area (Å²) in [5, 5.41) is 3.48. The van der Waals surface area contributed by atoms with E-state index in [9.17, 15) is 8.42 Å². The monoisotopic (exact) mass is 305 g/mol. The van der Waals surface area contributed by atoms with E-state index in [4.69, 9.17) is 4.42 Å². The average molecular weight is 305 g/mol. The van der Waals surface area contributed by atoms with Crippen molar-refractivity contribution in [3.8, 4) is 0 Å². The molecule has 1 N–H and O–H groups in total. The first-order chi connectivity index (χ1) is 9.97. The average Bonchev–Trinajstić information content (AvgIpc) is 2.89. The second-order valence-corrected chi connectivity index (χ2v) is 7.61. The summed E-state index contributed by atoms with van der Waals surface area (Å²) >= 11 is 0. The minimum absolute atomic E-state index is 0.0325. The maximum atomic E-state index is 12.1. The SMILES string of the molecule is Cc1ccc(C(C)NC2CCS(=O)(=O)c3ccccc32)o1. The number of fused-ring (bicyclic) bond motifs is 1. The van der Waals surface area contributed by atoms with Crippen molar-refractivity contribution in [3.63, 3.8) is 0 Å². The molecule has 2 atom stereocenters. The van der Waals surface area contributed by atoms with Gasteiger partial charge in [-0.1, -0.05) is 18.2 Å². The summed E-state index contributed by atoms with van der Waals surface area (Å²) < 4.78 is 29.9. The molecule has 1 aromatic carbocycles. The topological polar surface area (TPSA) is 59.3 Å². The van der Waals surface area contributed by atoms with Crippen LogP contribution in [-0.2, 0) is 9.84 Å². The molecule has 3 rings (SSSR count). The molecule has 0 aliphatic carbocycles. The molecule has 0 saturated heterocycles. The third-order valence-electron chi connectivity index (χ3n) is 3.94. The van der Waals surface area contributed by atoms with E-state index in [0.717, 1.165) is 17.1 Å². The maximum absolute atomic E-state index is 12.1. The molecule has 0 saturated carbocycles. The fourth-order valence-electron chi connectivity index (χ4n) is 2.83. The third-order valence-corrected chi connectivity index (χ3v) is 5.76. The fraction of sp³-hybridized carbons (Fsp3) is 0.375. The Bertz CT molecular complexity index is 748. The molecule has 1 aliphatic rings. The van der Waals surface area contributed by atoms with Crippen LogP contribution in [-0.4, -0.2) is 14.2 Å². The maximum Gasteiger partial charge on any atom is 0.178 e. The van der Waals surface area contributed by atoms with E-state index in [1.165, 1.54) is 0 Å². The molecule has 2 aromatic rings. The van der Waals surface area contributed by atoms with Crippen LogP contribution in [0.5, 0.6) is 0 Å². The Morgan fingerprint density at radius 2 is 2.00 bits per heavy atom. The van der Waals surface area contributed by atoms with E-state index in [2.05, 4.69) is 5.32 Å². The van der Waals surface area contributed by atoms with Crippen molar-refractivity contribution in [2.75, 3.05) is 5.75 Å². The van der Waals surface area contributed by atoms with E-state index in [1.54, 1.807) is 12.1 Å². The van der Waals surface area contributed by atoms with Crippen LogP contribution < -0.4 is 5.32 Å². The van der Waals surface area contributed by atoms with Crippen molar-refractivity contribution >= 4 is 9.84 Å². The van der Waals surface area contributed by atoms with Crippen LogP contribution in [0, 0.1) is 6.92 Å². The highest BCUT2D eigenvalue weighted by atomic mass is 32.2. The summed E-state index contributed by atoms with van der Waals surface area (Å²) in [5.74, 6) is 1.94. The van der Waals surface area contributed by atoms with Crippen LogP contribution >= 0.6 is 0 Å². The Kier molecular flexibility index (Phi) is 3.63. The van der Waals surface area contributed by atoms with Gasteiger partial charge in [0.2, 0.25) is 0 Å². The summed E-state index contributed by atoms with van der Waals surface area (Å²) in [6, 6.07) is 11.2. The fourth-order valence-corrected chi connectivity index (χ4v) is 4.45. The molecule has 5 heteroatoms. The van der Waals surface area contributed by atoms with Gasteiger partial charge >= 0.3 is 0 Å². The Balaban J connectivity index is 1.87. The van der Waals surface area contributed by atoms with Crippen LogP contribution in [0.2, 0.25) is 0 Å². The standard InChI is InChI=1S/C16H19NO3S/c1-11-7-8-15(20-11)12(2)17-14-9-10-21(18,19)16-6-4-3-5-13(14)16/h3-8,12,14,17H,9-10H2,1-2H3. The predicted molar refractivity (Wildman–Crippen MR) is 80.8 cm³/mol. The van der Waals surface area contributed by atoms with E-state index in [0.29, 0.717) is 11.3 Å². The Morgan fingerprint density at radius 3 is 2.71 bits per heavy atom. The van der Waals surface area contributed by atoms with Crippen LogP contribution in [0.15, 0.2) is 45.7 Å². The van der Waals surface area contributed by atoms with Crippen molar-refractivity contribution in [1.29, 1.82) is 0 Å². The van der Waals surface area contributed by atoms with E-state index in [-0.39, 0.29) is 17.8 Å². The normalized spacial score (nSPS) is 21.7. The number of furan rings is 1. The van der Waals surface area contributed by atoms with Crippen molar-refractivity contribution in [1.82, 2.24) is 5.32 Å². The number of hydrogen-bond donors (Lipinski definition) is 1. The lowest BCUT2D eigenvalue weighted by Crippen LogP contribution is -2.31. The summed E-state index contributed by atoms with van der Waals surface area (Å²) in [6.07, 6.45) is 0.587. The molecule has 0 fully saturated rings. The van der Waals surface area contributed by atoms with Gasteiger partial charge < -0.3 is 9.73 Å². The number of hydrogen-bond acceptors (Lipinski definition) is 4. The van der Waals surface area contributed by atoms with Crippen molar-refractivity contribution in [2.24, 2.45) is 0 Å². The first-order valence-corrected chi connectivity index (χ1v) is 8.76. The Morgan fingerprint density at radius 1 is 1.24 bits per heavy atom. The number of benzene rings is 1. The zero-order chi connectivity index (χ0) is 15.0. The Hall–Kier alpha value is -1.59. The van der Waals surface area contributed by atoms with E-state index < -0.39 is 9.84 Å². The van der Waals surface area contributed by atoms with Gasteiger partial charge in [-0.25, -0.2) is 8.42 Å². The zero-order valence-corrected chi connectivity index (χ0v) is 13.0. The highest BCUT2D eigenvalue weighted by Crippen LogP contribution is 2.33. The van der Waals surface area contributed by atoms with Gasteiger partial charge in [0.25, 0.3) is 0 Å². The lowest BCUT2D eigenvalue weighted by Gasteiger charge is -2.28. The molecule has 1 aromatic heterocycles. The summed E-state index contributed by atoms with van der Waals surface area (Å²) in [5.41, 5.74) is 0.860. The van der Waals surface area contributed by atoms with E-state index >= 15 is 0 Å². The lowest BCUT2D eigenvalue weighted by molar-refractivity contribution is 0.373. The smallest absolute Gasteiger partial charge is 0.178 e. The summed E-state index contributed by atoms with van der Waals surface area (Å²) in [7, 11) is -3.13. The van der Waals surface area contributed by atoms with Crippen molar-refractivity contribution in [3.05, 3.63) is 53.5 Å². The molecule has 1 aliphatic heterocycles. The van der Waals surface area contributed by atoms with Gasteiger partial charge in [-0.2, -0.15) is 0 Å². The van der Waals surface area contributed by atoms with Gasteiger partial charge in [-0.15, -0.1) is 0 Å². The minimum Gasteiger partial charge on any atom is -0.465 e. The number of nitrogens with one attached hydrogen (secondary N) is 1. The summed E-state index contributed by atoms with van der Waals surface area (Å²) in [6.45, 7) is 3.95. The van der Waals surface area contributed by atoms with Crippen molar-refractivity contribution in [2.45, 2.75) is 37.2 Å². The molecule has 2 unspecified atom stereocenters. The molecule has 21 heavy (non-hydrogen) atoms. The van der Waals surface area contributed by atoms with Gasteiger partial charge in [-0.3, -0.25) is 0 Å². The lowest BCUT2D eigenvalue weighted by atomic mass is 10.0. The van der Waals surface area contributed by atoms with Crippen LogP contribution in [0.1, 0.15) is 42.5 Å². The zero-order valence-electron chi connectivity index (χ0n) is 12.2. The molecule has 2 heterocycles. The molecule has 0 radical (unpaired) electrons. The highest BCUT2D eigenvalue weighted by Gasteiger charge is 2.30. The molecule has 112 valence electrons. The Labute approximate surface area is 125 Å². The quantitative estimate of drug-likeness (QED) is 0.946. The summed E-state index contributed by atoms with van der Waals surface area (Å²) in [4.78, 5) is 0.455. The van der Waals surface area contributed by atoms with Crippen LogP contribution in [0.25, 0.3) is 0 Å². The van der Waals surface area contributed by atoms with Crippen LogP contribution in [0.3, 0.4) is 0 Å². The van der Waals surface area contributed by atoms with Gasteiger partial charge in [0.05, 0.1) is 16.7 Å². The number of rotatable bonds is 3. The second kappa shape index (κ2) is 5.31. The second-order valence-electron chi connectivity index (χ2n) is 5.53. The largest absolute Gasteiger partial charge is 0.465 e.